The van der Waals surface area contributed by atoms with Gasteiger partial charge in [0.15, 0.2) is 11.6 Å². The maximum absolute atomic E-state index is 11.9. The van der Waals surface area contributed by atoms with Crippen molar-refractivity contribution in [2.24, 2.45) is 0 Å². The second-order valence-corrected chi connectivity index (χ2v) is 8.08. The molecule has 0 spiro atoms. The first-order valence-corrected chi connectivity index (χ1v) is 11.1. The molecule has 0 bridgehead atoms. The van der Waals surface area contributed by atoms with Crippen molar-refractivity contribution in [1.82, 2.24) is 15.0 Å². The Kier molecular flexibility index (Phi) is 5.66. The summed E-state index contributed by atoms with van der Waals surface area (Å²) in [6.45, 7) is 3.20. The van der Waals surface area contributed by atoms with Gasteiger partial charge in [-0.05, 0) is 30.3 Å². The Labute approximate surface area is 188 Å². The summed E-state index contributed by atoms with van der Waals surface area (Å²) in [5.41, 5.74) is 5.69. The van der Waals surface area contributed by atoms with E-state index in [9.17, 15) is 4.79 Å². The van der Waals surface area contributed by atoms with Gasteiger partial charge >= 0.3 is 5.97 Å². The van der Waals surface area contributed by atoms with Gasteiger partial charge in [0, 0.05) is 30.0 Å². The van der Waals surface area contributed by atoms with Crippen LogP contribution in [-0.4, -0.2) is 54.3 Å². The first-order chi connectivity index (χ1) is 15.7. The molecule has 9 heteroatoms. The van der Waals surface area contributed by atoms with Crippen molar-refractivity contribution < 1.29 is 14.3 Å². The molecule has 0 amide bonds. The average Bonchev–Trinajstić information content (AvgIpc) is 3.33. The molecule has 32 heavy (non-hydrogen) atoms. The molecule has 8 nitrogen and oxygen atoms in total. The van der Waals surface area contributed by atoms with Crippen LogP contribution in [0.1, 0.15) is 10.4 Å². The summed E-state index contributed by atoms with van der Waals surface area (Å²) >= 11 is 1.45. The highest BCUT2D eigenvalue weighted by atomic mass is 32.1. The smallest absolute Gasteiger partial charge is 0.337 e. The number of thiazole rings is 1. The van der Waals surface area contributed by atoms with E-state index >= 15 is 0 Å². The van der Waals surface area contributed by atoms with Crippen LogP contribution in [0.3, 0.4) is 0 Å². The first-order valence-electron chi connectivity index (χ1n) is 10.2. The van der Waals surface area contributed by atoms with Crippen LogP contribution in [0.15, 0.2) is 54.0 Å². The van der Waals surface area contributed by atoms with Crippen molar-refractivity contribution in [3.05, 3.63) is 59.6 Å². The number of fused-ring (bicyclic) bond motifs is 1. The SMILES string of the molecule is COC(=O)c1cccc(-c2nc(Nc3cccc(N4CCOCC4)c3)c3ncsc3n2)c1. The highest BCUT2D eigenvalue weighted by molar-refractivity contribution is 7.16. The van der Waals surface area contributed by atoms with E-state index < -0.39 is 5.97 Å². The first kappa shape index (κ1) is 20.3. The summed E-state index contributed by atoms with van der Waals surface area (Å²) in [7, 11) is 1.36. The Hall–Kier alpha value is -3.56. The van der Waals surface area contributed by atoms with E-state index in [-0.39, 0.29) is 0 Å². The summed E-state index contributed by atoms with van der Waals surface area (Å²) in [5, 5.41) is 3.41. The van der Waals surface area contributed by atoms with Crippen LogP contribution in [0.25, 0.3) is 21.7 Å². The van der Waals surface area contributed by atoms with E-state index in [1.54, 1.807) is 23.7 Å². The van der Waals surface area contributed by atoms with Gasteiger partial charge in [-0.3, -0.25) is 0 Å². The number of nitrogens with one attached hydrogen (secondary N) is 1. The zero-order valence-electron chi connectivity index (χ0n) is 17.4. The number of rotatable bonds is 5. The third-order valence-corrected chi connectivity index (χ3v) is 5.94. The van der Waals surface area contributed by atoms with Crippen molar-refractivity contribution in [2.45, 2.75) is 0 Å². The third-order valence-electron chi connectivity index (χ3n) is 5.23. The molecule has 0 aliphatic carbocycles. The van der Waals surface area contributed by atoms with Gasteiger partial charge in [0.2, 0.25) is 0 Å². The second-order valence-electron chi connectivity index (χ2n) is 7.25. The van der Waals surface area contributed by atoms with Gasteiger partial charge in [0.05, 0.1) is 31.4 Å². The average molecular weight is 448 g/mol. The van der Waals surface area contributed by atoms with Gasteiger partial charge in [0.25, 0.3) is 0 Å². The maximum Gasteiger partial charge on any atom is 0.337 e. The summed E-state index contributed by atoms with van der Waals surface area (Å²) < 4.78 is 10.3. The van der Waals surface area contributed by atoms with Crippen molar-refractivity contribution in [3.63, 3.8) is 0 Å². The van der Waals surface area contributed by atoms with Gasteiger partial charge in [-0.1, -0.05) is 18.2 Å². The van der Waals surface area contributed by atoms with E-state index in [1.807, 2.05) is 18.2 Å². The number of carbonyl (C=O) groups is 1. The Morgan fingerprint density at radius 3 is 2.81 bits per heavy atom. The van der Waals surface area contributed by atoms with Gasteiger partial charge in [-0.2, -0.15) is 0 Å². The predicted octanol–water partition coefficient (Wildman–Crippen LogP) is 4.12. The normalized spacial score (nSPS) is 13.8. The number of morpholine rings is 1. The standard InChI is InChI=1S/C23H21N5O3S/c1-30-23(29)16-5-2-4-15(12-16)20-26-21(19-22(27-20)32-14-24-19)25-17-6-3-7-18(13-17)28-8-10-31-11-9-28/h2-7,12-14H,8-11H2,1H3,(H,25,26,27). The minimum absolute atomic E-state index is 0.399. The van der Waals surface area contributed by atoms with E-state index in [0.717, 1.165) is 48.1 Å². The Morgan fingerprint density at radius 1 is 1.12 bits per heavy atom. The van der Waals surface area contributed by atoms with Gasteiger partial charge in [0.1, 0.15) is 10.3 Å². The maximum atomic E-state index is 11.9. The van der Waals surface area contributed by atoms with E-state index in [0.29, 0.717) is 22.7 Å². The summed E-state index contributed by atoms with van der Waals surface area (Å²) in [6, 6.07) is 15.3. The van der Waals surface area contributed by atoms with Crippen molar-refractivity contribution >= 4 is 44.8 Å². The molecule has 1 saturated heterocycles. The molecule has 2 aromatic carbocycles. The number of hydrogen-bond donors (Lipinski definition) is 1. The lowest BCUT2D eigenvalue weighted by atomic mass is 10.1. The van der Waals surface area contributed by atoms with Gasteiger partial charge in [-0.15, -0.1) is 11.3 Å². The highest BCUT2D eigenvalue weighted by Crippen LogP contribution is 2.30. The fraction of sp³-hybridized carbons (Fsp3) is 0.217. The molecule has 2 aromatic heterocycles. The minimum atomic E-state index is -0.399. The van der Waals surface area contributed by atoms with Gasteiger partial charge in [-0.25, -0.2) is 19.7 Å². The fourth-order valence-corrected chi connectivity index (χ4v) is 4.28. The molecule has 3 heterocycles. The van der Waals surface area contributed by atoms with Gasteiger partial charge < -0.3 is 19.7 Å². The lowest BCUT2D eigenvalue weighted by Gasteiger charge is -2.29. The number of hydrogen-bond acceptors (Lipinski definition) is 9. The van der Waals surface area contributed by atoms with E-state index in [2.05, 4.69) is 32.3 Å². The molecule has 1 fully saturated rings. The zero-order valence-corrected chi connectivity index (χ0v) is 18.3. The number of anilines is 3. The van der Waals surface area contributed by atoms with Crippen LogP contribution in [0.4, 0.5) is 17.2 Å². The molecule has 0 atom stereocenters. The molecular formula is C23H21N5O3S. The zero-order chi connectivity index (χ0) is 21.9. The number of methoxy groups -OCH3 is 1. The number of benzene rings is 2. The molecule has 162 valence electrons. The molecular weight excluding hydrogens is 426 g/mol. The predicted molar refractivity (Wildman–Crippen MR) is 125 cm³/mol. The van der Waals surface area contributed by atoms with Crippen LogP contribution < -0.4 is 10.2 Å². The summed E-state index contributed by atoms with van der Waals surface area (Å²) in [4.78, 5) is 28.9. The molecule has 1 N–H and O–H groups in total. The van der Waals surface area contributed by atoms with Crippen LogP contribution >= 0.6 is 11.3 Å². The number of aromatic nitrogens is 3. The van der Waals surface area contributed by atoms with E-state index in [1.165, 1.54) is 18.4 Å². The summed E-state index contributed by atoms with van der Waals surface area (Å²) in [5.74, 6) is 0.734. The lowest BCUT2D eigenvalue weighted by Crippen LogP contribution is -2.36. The minimum Gasteiger partial charge on any atom is -0.465 e. The Balaban J connectivity index is 1.50. The lowest BCUT2D eigenvalue weighted by molar-refractivity contribution is 0.0601. The number of esters is 1. The van der Waals surface area contributed by atoms with Crippen molar-refractivity contribution in [3.8, 4) is 11.4 Å². The Bertz CT molecular complexity index is 1270. The molecule has 5 rings (SSSR count). The molecule has 0 unspecified atom stereocenters. The summed E-state index contributed by atoms with van der Waals surface area (Å²) in [6.07, 6.45) is 0. The monoisotopic (exact) mass is 447 g/mol. The topological polar surface area (TPSA) is 89.5 Å². The molecule has 4 aromatic rings. The third kappa shape index (κ3) is 4.12. The van der Waals surface area contributed by atoms with Crippen molar-refractivity contribution in [1.29, 1.82) is 0 Å². The fourth-order valence-electron chi connectivity index (χ4n) is 3.62. The Morgan fingerprint density at radius 2 is 1.97 bits per heavy atom. The van der Waals surface area contributed by atoms with Crippen molar-refractivity contribution in [2.75, 3.05) is 43.6 Å². The largest absolute Gasteiger partial charge is 0.465 e. The number of ether oxygens (including phenoxy) is 2. The number of carbonyl (C=O) groups excluding carboxylic acids is 1. The van der Waals surface area contributed by atoms with Crippen LogP contribution in [0, 0.1) is 0 Å². The van der Waals surface area contributed by atoms with Crippen LogP contribution in [0.2, 0.25) is 0 Å². The molecule has 0 saturated carbocycles. The molecule has 1 aliphatic heterocycles. The van der Waals surface area contributed by atoms with E-state index in [4.69, 9.17) is 14.5 Å². The highest BCUT2D eigenvalue weighted by Gasteiger charge is 2.15. The second kappa shape index (κ2) is 8.89. The quantitative estimate of drug-likeness (QED) is 0.457. The van der Waals surface area contributed by atoms with Crippen LogP contribution in [-0.2, 0) is 9.47 Å². The molecule has 0 radical (unpaired) electrons. The van der Waals surface area contributed by atoms with Crippen LogP contribution in [0.5, 0.6) is 0 Å². The number of nitrogens with zero attached hydrogens (tertiary/aromatic N) is 4. The molecule has 1 aliphatic rings.